The molecule has 1 aromatic heterocycles. The fourth-order valence-electron chi connectivity index (χ4n) is 0.969. The number of rotatable bonds is 5. The zero-order valence-corrected chi connectivity index (χ0v) is 7.99. The standard InChI is InChI=1S/C9H13N3O2/c1-14-3-2-12-8-4-7(9(10)13)5-11-6-8/h4-6,12H,2-3H2,1H3,(H2,10,13). The van der Waals surface area contributed by atoms with Crippen molar-refractivity contribution < 1.29 is 9.53 Å². The minimum absolute atomic E-state index is 0.396. The van der Waals surface area contributed by atoms with Gasteiger partial charge >= 0.3 is 0 Å². The highest BCUT2D eigenvalue weighted by molar-refractivity contribution is 5.93. The van der Waals surface area contributed by atoms with Crippen molar-refractivity contribution in [1.82, 2.24) is 4.98 Å². The molecular formula is C9H13N3O2. The van der Waals surface area contributed by atoms with Gasteiger partial charge in [-0.15, -0.1) is 0 Å². The molecule has 0 fully saturated rings. The Hall–Kier alpha value is -1.62. The molecule has 0 aromatic carbocycles. The molecule has 1 rings (SSSR count). The summed E-state index contributed by atoms with van der Waals surface area (Å²) in [4.78, 5) is 14.7. The lowest BCUT2D eigenvalue weighted by Gasteiger charge is -2.05. The summed E-state index contributed by atoms with van der Waals surface area (Å²) >= 11 is 0. The van der Waals surface area contributed by atoms with E-state index in [-0.39, 0.29) is 0 Å². The van der Waals surface area contributed by atoms with E-state index in [2.05, 4.69) is 10.3 Å². The average molecular weight is 195 g/mol. The van der Waals surface area contributed by atoms with Gasteiger partial charge in [-0.1, -0.05) is 0 Å². The number of primary amides is 1. The van der Waals surface area contributed by atoms with Crippen LogP contribution in [-0.4, -0.2) is 31.2 Å². The molecule has 0 atom stereocenters. The first-order valence-corrected chi connectivity index (χ1v) is 4.21. The summed E-state index contributed by atoms with van der Waals surface area (Å²) in [5.74, 6) is -0.479. The molecule has 0 saturated carbocycles. The smallest absolute Gasteiger partial charge is 0.250 e. The molecule has 0 bridgehead atoms. The number of aromatic nitrogens is 1. The number of methoxy groups -OCH3 is 1. The summed E-state index contributed by atoms with van der Waals surface area (Å²) in [7, 11) is 1.62. The fraction of sp³-hybridized carbons (Fsp3) is 0.333. The minimum atomic E-state index is -0.479. The van der Waals surface area contributed by atoms with Crippen molar-refractivity contribution in [2.75, 3.05) is 25.6 Å². The Bertz CT molecular complexity index is 315. The maximum Gasteiger partial charge on any atom is 0.250 e. The topological polar surface area (TPSA) is 77.2 Å². The number of carbonyl (C=O) groups is 1. The van der Waals surface area contributed by atoms with Crippen LogP contribution >= 0.6 is 0 Å². The number of carbonyl (C=O) groups excluding carboxylic acids is 1. The third-order valence-corrected chi connectivity index (χ3v) is 1.66. The molecule has 0 unspecified atom stereocenters. The third kappa shape index (κ3) is 3.02. The number of hydrogen-bond donors (Lipinski definition) is 2. The number of nitrogens with zero attached hydrogens (tertiary/aromatic N) is 1. The Labute approximate surface area is 82.3 Å². The first-order valence-electron chi connectivity index (χ1n) is 4.21. The van der Waals surface area contributed by atoms with Crippen LogP contribution in [0.1, 0.15) is 10.4 Å². The molecule has 76 valence electrons. The number of amides is 1. The molecule has 1 amide bonds. The number of pyridine rings is 1. The fourth-order valence-corrected chi connectivity index (χ4v) is 0.969. The minimum Gasteiger partial charge on any atom is -0.383 e. The predicted molar refractivity (Wildman–Crippen MR) is 53.1 cm³/mol. The van der Waals surface area contributed by atoms with Crippen LogP contribution in [-0.2, 0) is 4.74 Å². The van der Waals surface area contributed by atoms with Crippen LogP contribution in [0.15, 0.2) is 18.5 Å². The molecule has 0 aliphatic heterocycles. The van der Waals surface area contributed by atoms with Crippen LogP contribution in [0.3, 0.4) is 0 Å². The molecule has 0 radical (unpaired) electrons. The molecule has 0 aliphatic carbocycles. The van der Waals surface area contributed by atoms with Crippen molar-refractivity contribution in [3.8, 4) is 0 Å². The van der Waals surface area contributed by atoms with Gasteiger partial charge in [0.1, 0.15) is 0 Å². The van der Waals surface area contributed by atoms with Crippen LogP contribution in [0.5, 0.6) is 0 Å². The van der Waals surface area contributed by atoms with Crippen molar-refractivity contribution in [2.24, 2.45) is 5.73 Å². The molecule has 1 aromatic rings. The van der Waals surface area contributed by atoms with E-state index in [4.69, 9.17) is 10.5 Å². The lowest BCUT2D eigenvalue weighted by molar-refractivity contribution is 0.1000. The number of hydrogen-bond acceptors (Lipinski definition) is 4. The molecule has 0 spiro atoms. The molecule has 1 heterocycles. The van der Waals surface area contributed by atoms with Crippen molar-refractivity contribution in [1.29, 1.82) is 0 Å². The van der Waals surface area contributed by atoms with Gasteiger partial charge in [0.2, 0.25) is 5.91 Å². The zero-order chi connectivity index (χ0) is 10.4. The van der Waals surface area contributed by atoms with Gasteiger partial charge in [-0.3, -0.25) is 9.78 Å². The van der Waals surface area contributed by atoms with E-state index < -0.39 is 5.91 Å². The Balaban J connectivity index is 2.59. The second-order valence-electron chi connectivity index (χ2n) is 2.75. The van der Waals surface area contributed by atoms with Crippen molar-refractivity contribution >= 4 is 11.6 Å². The summed E-state index contributed by atoms with van der Waals surface area (Å²) in [6.45, 7) is 1.27. The monoisotopic (exact) mass is 195 g/mol. The van der Waals surface area contributed by atoms with E-state index in [1.165, 1.54) is 6.20 Å². The number of anilines is 1. The predicted octanol–water partition coefficient (Wildman–Crippen LogP) is 0.239. The maximum absolute atomic E-state index is 10.8. The molecule has 0 aliphatic rings. The Kier molecular flexibility index (Phi) is 3.87. The Morgan fingerprint density at radius 3 is 3.07 bits per heavy atom. The summed E-state index contributed by atoms with van der Waals surface area (Å²) < 4.78 is 4.87. The summed E-state index contributed by atoms with van der Waals surface area (Å²) in [5.41, 5.74) is 6.26. The van der Waals surface area contributed by atoms with Crippen molar-refractivity contribution in [3.05, 3.63) is 24.0 Å². The van der Waals surface area contributed by atoms with E-state index in [1.807, 2.05) is 0 Å². The maximum atomic E-state index is 10.8. The number of nitrogens with two attached hydrogens (primary N) is 1. The van der Waals surface area contributed by atoms with Crippen LogP contribution in [0.4, 0.5) is 5.69 Å². The lowest BCUT2D eigenvalue weighted by atomic mass is 10.2. The van der Waals surface area contributed by atoms with E-state index >= 15 is 0 Å². The first-order chi connectivity index (χ1) is 6.74. The van der Waals surface area contributed by atoms with Crippen LogP contribution < -0.4 is 11.1 Å². The van der Waals surface area contributed by atoms with E-state index in [0.717, 1.165) is 5.69 Å². The average Bonchev–Trinajstić information content (AvgIpc) is 2.19. The van der Waals surface area contributed by atoms with Gasteiger partial charge < -0.3 is 15.8 Å². The zero-order valence-electron chi connectivity index (χ0n) is 7.99. The summed E-state index contributed by atoms with van der Waals surface area (Å²) in [6, 6.07) is 1.66. The third-order valence-electron chi connectivity index (χ3n) is 1.66. The second kappa shape index (κ2) is 5.18. The quantitative estimate of drug-likeness (QED) is 0.660. The van der Waals surface area contributed by atoms with Gasteiger partial charge in [-0.2, -0.15) is 0 Å². The SMILES string of the molecule is COCCNc1cncc(C(N)=O)c1. The highest BCUT2D eigenvalue weighted by Crippen LogP contribution is 2.06. The van der Waals surface area contributed by atoms with Gasteiger partial charge in [0.05, 0.1) is 17.9 Å². The van der Waals surface area contributed by atoms with Crippen LogP contribution in [0.25, 0.3) is 0 Å². The van der Waals surface area contributed by atoms with Gasteiger partial charge in [0, 0.05) is 26.0 Å². The van der Waals surface area contributed by atoms with E-state index in [9.17, 15) is 4.79 Å². The normalized spacial score (nSPS) is 9.79. The van der Waals surface area contributed by atoms with Gasteiger partial charge in [0.15, 0.2) is 0 Å². The van der Waals surface area contributed by atoms with Gasteiger partial charge in [-0.25, -0.2) is 0 Å². The highest BCUT2D eigenvalue weighted by atomic mass is 16.5. The Morgan fingerprint density at radius 1 is 1.64 bits per heavy atom. The van der Waals surface area contributed by atoms with Crippen molar-refractivity contribution in [2.45, 2.75) is 0 Å². The molecule has 14 heavy (non-hydrogen) atoms. The summed E-state index contributed by atoms with van der Waals surface area (Å²) in [5, 5.41) is 3.05. The highest BCUT2D eigenvalue weighted by Gasteiger charge is 2.01. The lowest BCUT2D eigenvalue weighted by Crippen LogP contribution is -2.13. The van der Waals surface area contributed by atoms with E-state index in [0.29, 0.717) is 18.7 Å². The Morgan fingerprint density at radius 2 is 2.43 bits per heavy atom. The first kappa shape index (κ1) is 10.5. The molecule has 5 heteroatoms. The van der Waals surface area contributed by atoms with Gasteiger partial charge in [-0.05, 0) is 6.07 Å². The van der Waals surface area contributed by atoms with Gasteiger partial charge in [0.25, 0.3) is 0 Å². The van der Waals surface area contributed by atoms with E-state index in [1.54, 1.807) is 19.4 Å². The molecule has 0 saturated heterocycles. The largest absolute Gasteiger partial charge is 0.383 e. The number of ether oxygens (including phenoxy) is 1. The molecule has 3 N–H and O–H groups in total. The number of nitrogens with one attached hydrogen (secondary N) is 1. The van der Waals surface area contributed by atoms with Crippen LogP contribution in [0.2, 0.25) is 0 Å². The molecule has 5 nitrogen and oxygen atoms in total. The van der Waals surface area contributed by atoms with Crippen LogP contribution in [0, 0.1) is 0 Å². The molecular weight excluding hydrogens is 182 g/mol. The van der Waals surface area contributed by atoms with Crippen molar-refractivity contribution in [3.63, 3.8) is 0 Å². The summed E-state index contributed by atoms with van der Waals surface area (Å²) in [6.07, 6.45) is 3.06. The second-order valence-corrected chi connectivity index (χ2v) is 2.75.